The molecule has 1 saturated heterocycles. The Balaban J connectivity index is 1.60. The van der Waals surface area contributed by atoms with Crippen LogP contribution in [0, 0.1) is 6.92 Å². The summed E-state index contributed by atoms with van der Waals surface area (Å²) in [6.07, 6.45) is -5.12. The lowest BCUT2D eigenvalue weighted by Crippen LogP contribution is -2.65. The minimum Gasteiger partial charge on any atom is -0.493 e. The number of anilines is 1. The molecule has 5 N–H and O–H groups in total. The van der Waals surface area contributed by atoms with Crippen LogP contribution in [-0.2, 0) is 9.53 Å². The summed E-state index contributed by atoms with van der Waals surface area (Å²) in [5.74, 6) is 0.839. The van der Waals surface area contributed by atoms with Gasteiger partial charge in [0, 0.05) is 43.5 Å². The topological polar surface area (TPSA) is 149 Å². The molecule has 4 rings (SSSR count). The number of aromatic nitrogens is 2. The van der Waals surface area contributed by atoms with Crippen molar-refractivity contribution in [3.05, 3.63) is 48.2 Å². The van der Waals surface area contributed by atoms with E-state index in [1.165, 1.54) is 14.0 Å². The molecule has 5 atom stereocenters. The van der Waals surface area contributed by atoms with Gasteiger partial charge in [0.25, 0.3) is 0 Å². The Labute approximate surface area is 221 Å². The number of H-pyrrole nitrogens is 1. The van der Waals surface area contributed by atoms with Crippen molar-refractivity contribution in [3.8, 4) is 34.1 Å². The van der Waals surface area contributed by atoms with Gasteiger partial charge in [-0.2, -0.15) is 0 Å². The van der Waals surface area contributed by atoms with Gasteiger partial charge in [-0.15, -0.1) is 0 Å². The number of benzene rings is 2. The molecule has 11 nitrogen and oxygen atoms in total. The summed E-state index contributed by atoms with van der Waals surface area (Å²) < 4.78 is 17.2. The Morgan fingerprint density at radius 3 is 2.39 bits per heavy atom. The lowest BCUT2D eigenvalue weighted by atomic mass is 9.97. The van der Waals surface area contributed by atoms with E-state index in [0.29, 0.717) is 11.6 Å². The molecule has 0 unspecified atom stereocenters. The fraction of sp³-hybridized carbons (Fsp3) is 0.407. The molecule has 0 radical (unpaired) electrons. The smallest absolute Gasteiger partial charge is 0.223 e. The number of imidazole rings is 1. The van der Waals surface area contributed by atoms with Crippen molar-refractivity contribution in [1.82, 2.24) is 15.3 Å². The number of nitrogens with zero attached hydrogens (tertiary/aromatic N) is 2. The predicted octanol–water partition coefficient (Wildman–Crippen LogP) is 1.45. The van der Waals surface area contributed by atoms with Crippen LogP contribution in [0.15, 0.2) is 42.5 Å². The molecule has 2 heterocycles. The van der Waals surface area contributed by atoms with Gasteiger partial charge in [-0.25, -0.2) is 4.98 Å². The summed E-state index contributed by atoms with van der Waals surface area (Å²) in [5, 5.41) is 32.9. The number of aliphatic hydroxyl groups excluding tert-OH is 3. The third-order valence-electron chi connectivity index (χ3n) is 6.47. The van der Waals surface area contributed by atoms with E-state index >= 15 is 0 Å². The van der Waals surface area contributed by atoms with Gasteiger partial charge in [0.2, 0.25) is 12.2 Å². The van der Waals surface area contributed by atoms with Crippen LogP contribution in [0.3, 0.4) is 0 Å². The molecule has 204 valence electrons. The molecule has 1 aliphatic heterocycles. The molecule has 0 saturated carbocycles. The number of aryl methyl sites for hydroxylation is 1. The molecule has 1 fully saturated rings. The molecule has 3 aromatic rings. The third-order valence-corrected chi connectivity index (χ3v) is 6.47. The predicted molar refractivity (Wildman–Crippen MR) is 141 cm³/mol. The second-order valence-electron chi connectivity index (χ2n) is 9.42. The average molecular weight is 527 g/mol. The Hall–Kier alpha value is -3.64. The number of carbonyl (C=O) groups is 1. The molecule has 0 aliphatic carbocycles. The van der Waals surface area contributed by atoms with Crippen LogP contribution in [0.2, 0.25) is 0 Å². The second-order valence-corrected chi connectivity index (χ2v) is 9.42. The number of ether oxygens (including phenoxy) is 3. The minimum atomic E-state index is -1.42. The Morgan fingerprint density at radius 1 is 1.11 bits per heavy atom. The van der Waals surface area contributed by atoms with E-state index in [-0.39, 0.29) is 5.75 Å². The largest absolute Gasteiger partial charge is 0.493 e. The highest BCUT2D eigenvalue weighted by atomic mass is 16.7. The first-order valence-electron chi connectivity index (χ1n) is 12.2. The Bertz CT molecular complexity index is 1260. The van der Waals surface area contributed by atoms with Crippen LogP contribution < -0.4 is 19.7 Å². The molecular formula is C27H34N4O7. The average Bonchev–Trinajstić information content (AvgIpc) is 3.29. The van der Waals surface area contributed by atoms with Crippen molar-refractivity contribution in [2.45, 2.75) is 44.5 Å². The molecule has 11 heteroatoms. The van der Waals surface area contributed by atoms with Crippen LogP contribution in [-0.4, -0.2) is 89.7 Å². The zero-order chi connectivity index (χ0) is 27.6. The third kappa shape index (κ3) is 5.60. The number of aromatic amines is 1. The van der Waals surface area contributed by atoms with Crippen molar-refractivity contribution in [1.29, 1.82) is 0 Å². The number of carbonyl (C=O) groups excluding carboxylic acids is 1. The minimum absolute atomic E-state index is 0.277. The van der Waals surface area contributed by atoms with Gasteiger partial charge in [-0.3, -0.25) is 4.79 Å². The zero-order valence-corrected chi connectivity index (χ0v) is 22.0. The summed E-state index contributed by atoms with van der Waals surface area (Å²) in [4.78, 5) is 21.9. The number of rotatable bonds is 8. The SMILES string of the molecule is COc1cc(-c2nc(-c3ccc(N(C)C)cc3)c(C)[nH]2)ccc1O[C@H]1O[C@H](CO)[C@@H](O)[C@H](O)[C@@H]1NC(C)=O. The van der Waals surface area contributed by atoms with E-state index in [4.69, 9.17) is 19.2 Å². The van der Waals surface area contributed by atoms with Gasteiger partial charge in [0.1, 0.15) is 30.2 Å². The summed E-state index contributed by atoms with van der Waals surface area (Å²) in [6, 6.07) is 12.3. The number of amides is 1. The van der Waals surface area contributed by atoms with E-state index in [0.717, 1.165) is 28.2 Å². The molecule has 1 aliphatic rings. The van der Waals surface area contributed by atoms with E-state index in [1.807, 2.05) is 50.2 Å². The second kappa shape index (κ2) is 11.4. The summed E-state index contributed by atoms with van der Waals surface area (Å²) in [5.41, 5.74) is 4.58. The van der Waals surface area contributed by atoms with Gasteiger partial charge in [0.15, 0.2) is 11.5 Å². The summed E-state index contributed by atoms with van der Waals surface area (Å²) >= 11 is 0. The lowest BCUT2D eigenvalue weighted by Gasteiger charge is -2.42. The van der Waals surface area contributed by atoms with Gasteiger partial charge >= 0.3 is 0 Å². The normalized spacial score (nSPS) is 23.1. The molecule has 0 bridgehead atoms. The summed E-state index contributed by atoms with van der Waals surface area (Å²) in [7, 11) is 5.47. The Morgan fingerprint density at radius 2 is 1.79 bits per heavy atom. The molecule has 1 aromatic heterocycles. The zero-order valence-electron chi connectivity index (χ0n) is 22.0. The van der Waals surface area contributed by atoms with Crippen LogP contribution in [0.1, 0.15) is 12.6 Å². The number of methoxy groups -OCH3 is 1. The van der Waals surface area contributed by atoms with E-state index in [1.54, 1.807) is 18.2 Å². The van der Waals surface area contributed by atoms with Crippen LogP contribution >= 0.6 is 0 Å². The van der Waals surface area contributed by atoms with Gasteiger partial charge in [-0.1, -0.05) is 12.1 Å². The van der Waals surface area contributed by atoms with Crippen molar-refractivity contribution in [2.24, 2.45) is 0 Å². The maximum Gasteiger partial charge on any atom is 0.223 e. The van der Waals surface area contributed by atoms with Crippen molar-refractivity contribution in [2.75, 3.05) is 32.7 Å². The van der Waals surface area contributed by atoms with E-state index < -0.39 is 43.2 Å². The van der Waals surface area contributed by atoms with Crippen LogP contribution in [0.5, 0.6) is 11.5 Å². The first-order chi connectivity index (χ1) is 18.1. The first kappa shape index (κ1) is 27.4. The molecule has 38 heavy (non-hydrogen) atoms. The highest BCUT2D eigenvalue weighted by Gasteiger charge is 2.46. The first-order valence-corrected chi connectivity index (χ1v) is 12.2. The molecule has 2 aromatic carbocycles. The quantitative estimate of drug-likeness (QED) is 0.294. The monoisotopic (exact) mass is 526 g/mol. The van der Waals surface area contributed by atoms with E-state index in [9.17, 15) is 20.1 Å². The number of hydrogen-bond acceptors (Lipinski definition) is 9. The number of hydrogen-bond donors (Lipinski definition) is 5. The van der Waals surface area contributed by atoms with E-state index in [2.05, 4.69) is 10.3 Å². The fourth-order valence-corrected chi connectivity index (χ4v) is 4.40. The van der Waals surface area contributed by atoms with Gasteiger partial charge < -0.3 is 44.7 Å². The molecular weight excluding hydrogens is 492 g/mol. The fourth-order valence-electron chi connectivity index (χ4n) is 4.40. The highest BCUT2D eigenvalue weighted by Crippen LogP contribution is 2.35. The van der Waals surface area contributed by atoms with Crippen LogP contribution in [0.25, 0.3) is 22.6 Å². The standard InChI is InChI=1S/C27H34N4O7/c1-14-22(16-6-9-18(10-7-16)31(3)4)30-26(28-14)17-8-11-19(20(12-17)36-5)37-27-23(29-15(2)33)25(35)24(34)21(13-32)38-27/h6-12,21,23-25,27,32,34-35H,13H2,1-5H3,(H,28,30)(H,29,33)/t21-,23+,24-,25-,27+/m1/s1. The van der Waals surface area contributed by atoms with Crippen molar-refractivity contribution in [3.63, 3.8) is 0 Å². The molecule has 1 amide bonds. The van der Waals surface area contributed by atoms with Crippen LogP contribution in [0.4, 0.5) is 5.69 Å². The highest BCUT2D eigenvalue weighted by molar-refractivity contribution is 5.73. The molecule has 0 spiro atoms. The maximum atomic E-state index is 11.7. The van der Waals surface area contributed by atoms with Gasteiger partial charge in [-0.05, 0) is 37.3 Å². The summed E-state index contributed by atoms with van der Waals surface area (Å²) in [6.45, 7) is 2.69. The van der Waals surface area contributed by atoms with Crippen molar-refractivity contribution >= 4 is 11.6 Å². The Kier molecular flexibility index (Phi) is 8.22. The van der Waals surface area contributed by atoms with Gasteiger partial charge in [0.05, 0.1) is 19.4 Å². The number of aliphatic hydroxyl groups is 3. The lowest BCUT2D eigenvalue weighted by molar-refractivity contribution is -0.244. The number of nitrogens with one attached hydrogen (secondary N) is 2. The maximum absolute atomic E-state index is 11.7. The van der Waals surface area contributed by atoms with Crippen molar-refractivity contribution < 1.29 is 34.3 Å².